The van der Waals surface area contributed by atoms with E-state index in [2.05, 4.69) is 15.4 Å². The van der Waals surface area contributed by atoms with Gasteiger partial charge >= 0.3 is 0 Å². The fourth-order valence-electron chi connectivity index (χ4n) is 4.07. The third-order valence-corrected chi connectivity index (χ3v) is 5.79. The van der Waals surface area contributed by atoms with E-state index in [1.54, 1.807) is 29.2 Å². The average Bonchev–Trinajstić information content (AvgIpc) is 3.23. The highest BCUT2D eigenvalue weighted by atomic mass is 19.1. The van der Waals surface area contributed by atoms with Crippen molar-refractivity contribution in [2.45, 2.75) is 31.6 Å². The van der Waals surface area contributed by atoms with Crippen LogP contribution in [0.2, 0.25) is 0 Å². The van der Waals surface area contributed by atoms with Gasteiger partial charge in [-0.15, -0.1) is 0 Å². The molecule has 6 nitrogen and oxygen atoms in total. The number of amides is 1. The highest BCUT2D eigenvalue weighted by molar-refractivity contribution is 5.95. The Hall–Kier alpha value is -3.06. The second-order valence-corrected chi connectivity index (χ2v) is 7.54. The number of nitrogens with zero attached hydrogens (tertiary/aromatic N) is 3. The molecule has 3 heterocycles. The molecule has 0 unspecified atom stereocenters. The van der Waals surface area contributed by atoms with E-state index < -0.39 is 0 Å². The first-order chi connectivity index (χ1) is 14.6. The Labute approximate surface area is 175 Å². The molecule has 1 saturated heterocycles. The van der Waals surface area contributed by atoms with E-state index in [0.29, 0.717) is 37.6 Å². The molecule has 30 heavy (non-hydrogen) atoms. The minimum absolute atomic E-state index is 0.184. The lowest BCUT2D eigenvalue weighted by Gasteiger charge is -2.38. The quantitative estimate of drug-likeness (QED) is 0.678. The Balaban J connectivity index is 1.57. The van der Waals surface area contributed by atoms with E-state index in [-0.39, 0.29) is 17.1 Å². The molecule has 1 N–H and O–H groups in total. The Morgan fingerprint density at radius 2 is 2.07 bits per heavy atom. The molecule has 156 valence electrons. The topological polar surface area (TPSA) is 69.0 Å². The molecular formula is C23H25FN4O2. The van der Waals surface area contributed by atoms with Gasteiger partial charge in [0, 0.05) is 31.4 Å². The van der Waals surface area contributed by atoms with Gasteiger partial charge in [0.2, 0.25) is 0 Å². The Morgan fingerprint density at radius 3 is 2.77 bits per heavy atom. The summed E-state index contributed by atoms with van der Waals surface area (Å²) >= 11 is 0. The predicted octanol–water partition coefficient (Wildman–Crippen LogP) is 3.45. The monoisotopic (exact) mass is 408 g/mol. The molecule has 3 aromatic rings. The van der Waals surface area contributed by atoms with Crippen molar-refractivity contribution < 1.29 is 13.9 Å². The van der Waals surface area contributed by atoms with Crippen LogP contribution < -0.4 is 5.32 Å². The van der Waals surface area contributed by atoms with Crippen LogP contribution in [0.5, 0.6) is 0 Å². The van der Waals surface area contributed by atoms with Crippen LogP contribution in [0.4, 0.5) is 4.39 Å². The van der Waals surface area contributed by atoms with Crippen molar-refractivity contribution in [3.05, 3.63) is 77.5 Å². The fraction of sp³-hybridized carbons (Fsp3) is 0.348. The summed E-state index contributed by atoms with van der Waals surface area (Å²) in [6.07, 6.45) is 5.38. The molecule has 0 atom stereocenters. The van der Waals surface area contributed by atoms with E-state index in [0.717, 1.165) is 24.1 Å². The summed E-state index contributed by atoms with van der Waals surface area (Å²) < 4.78 is 21.1. The van der Waals surface area contributed by atoms with Crippen LogP contribution in [0.1, 0.15) is 41.4 Å². The van der Waals surface area contributed by atoms with Gasteiger partial charge in [-0.2, -0.15) is 5.10 Å². The van der Waals surface area contributed by atoms with Gasteiger partial charge in [0.1, 0.15) is 5.82 Å². The molecule has 0 bridgehead atoms. The lowest BCUT2D eigenvalue weighted by Crippen LogP contribution is -2.44. The van der Waals surface area contributed by atoms with Crippen molar-refractivity contribution in [1.29, 1.82) is 0 Å². The van der Waals surface area contributed by atoms with Gasteiger partial charge < -0.3 is 10.1 Å². The fourth-order valence-corrected chi connectivity index (χ4v) is 4.07. The van der Waals surface area contributed by atoms with E-state index in [1.165, 1.54) is 6.07 Å². The summed E-state index contributed by atoms with van der Waals surface area (Å²) in [7, 11) is 0. The summed E-state index contributed by atoms with van der Waals surface area (Å²) in [6, 6.07) is 12.2. The number of aromatic nitrogens is 3. The van der Waals surface area contributed by atoms with Crippen molar-refractivity contribution in [3.8, 4) is 5.82 Å². The Kier molecular flexibility index (Phi) is 5.90. The molecule has 0 spiro atoms. The molecule has 4 rings (SSSR count). The number of rotatable bonds is 6. The van der Waals surface area contributed by atoms with Gasteiger partial charge in [-0.25, -0.2) is 14.1 Å². The van der Waals surface area contributed by atoms with Crippen molar-refractivity contribution in [3.63, 3.8) is 0 Å². The summed E-state index contributed by atoms with van der Waals surface area (Å²) in [5.41, 5.74) is 1.88. The summed E-state index contributed by atoms with van der Waals surface area (Å²) in [5, 5.41) is 7.46. The maximum absolute atomic E-state index is 13.9. The highest BCUT2D eigenvalue weighted by Crippen LogP contribution is 2.34. The van der Waals surface area contributed by atoms with Crippen molar-refractivity contribution in [1.82, 2.24) is 20.1 Å². The van der Waals surface area contributed by atoms with E-state index in [4.69, 9.17) is 4.74 Å². The van der Waals surface area contributed by atoms with Crippen LogP contribution in [0, 0.1) is 5.82 Å². The second-order valence-electron chi connectivity index (χ2n) is 7.54. The average molecular weight is 408 g/mol. The maximum atomic E-state index is 13.9. The first-order valence-corrected chi connectivity index (χ1v) is 10.2. The van der Waals surface area contributed by atoms with Gasteiger partial charge in [0.15, 0.2) is 5.82 Å². The van der Waals surface area contributed by atoms with Crippen LogP contribution in [-0.4, -0.2) is 40.4 Å². The van der Waals surface area contributed by atoms with Gasteiger partial charge in [0.25, 0.3) is 5.91 Å². The number of pyridine rings is 1. The number of hydrogen-bond donors (Lipinski definition) is 1. The SMILES string of the molecule is CCc1c(C(=O)NCC2(c3cccc(F)c3)CCOCC2)cnn1-c1ccccn1. The molecule has 0 aliphatic carbocycles. The molecule has 1 fully saturated rings. The van der Waals surface area contributed by atoms with Crippen molar-refractivity contribution in [2.24, 2.45) is 0 Å². The molecule has 7 heteroatoms. The van der Waals surface area contributed by atoms with E-state index in [1.807, 2.05) is 31.2 Å². The molecule has 0 saturated carbocycles. The minimum atomic E-state index is -0.348. The van der Waals surface area contributed by atoms with Crippen LogP contribution in [0.25, 0.3) is 5.82 Å². The zero-order valence-electron chi connectivity index (χ0n) is 17.0. The minimum Gasteiger partial charge on any atom is -0.381 e. The zero-order valence-corrected chi connectivity index (χ0v) is 17.0. The molecule has 1 amide bonds. The number of ether oxygens (including phenoxy) is 1. The molecule has 1 aromatic carbocycles. The third kappa shape index (κ3) is 3.98. The standard InChI is InChI=1S/C23H25FN4O2/c1-2-20-19(15-27-28(20)21-8-3-4-11-25-21)22(29)26-16-23(9-12-30-13-10-23)17-6-5-7-18(24)14-17/h3-8,11,14-15H,2,9-10,12-13,16H2,1H3,(H,26,29). The summed E-state index contributed by atoms with van der Waals surface area (Å²) in [6.45, 7) is 3.57. The predicted molar refractivity (Wildman–Crippen MR) is 111 cm³/mol. The van der Waals surface area contributed by atoms with Crippen LogP contribution in [-0.2, 0) is 16.6 Å². The maximum Gasteiger partial charge on any atom is 0.254 e. The van der Waals surface area contributed by atoms with E-state index >= 15 is 0 Å². The number of benzene rings is 1. The largest absolute Gasteiger partial charge is 0.381 e. The third-order valence-electron chi connectivity index (χ3n) is 5.79. The first-order valence-electron chi connectivity index (χ1n) is 10.2. The lowest BCUT2D eigenvalue weighted by molar-refractivity contribution is 0.0486. The van der Waals surface area contributed by atoms with Crippen LogP contribution >= 0.6 is 0 Å². The zero-order chi connectivity index (χ0) is 21.0. The highest BCUT2D eigenvalue weighted by Gasteiger charge is 2.35. The molecule has 2 aromatic heterocycles. The molecule has 1 aliphatic rings. The number of carbonyl (C=O) groups excluding carboxylic acids is 1. The summed E-state index contributed by atoms with van der Waals surface area (Å²) in [5.74, 6) is 0.222. The smallest absolute Gasteiger partial charge is 0.254 e. The van der Waals surface area contributed by atoms with Crippen LogP contribution in [0.15, 0.2) is 54.9 Å². The molecular weight excluding hydrogens is 383 g/mol. The summed E-state index contributed by atoms with van der Waals surface area (Å²) in [4.78, 5) is 17.4. The van der Waals surface area contributed by atoms with E-state index in [9.17, 15) is 9.18 Å². The van der Waals surface area contributed by atoms with Gasteiger partial charge in [-0.1, -0.05) is 25.1 Å². The first kappa shape index (κ1) is 20.2. The van der Waals surface area contributed by atoms with Gasteiger partial charge in [-0.3, -0.25) is 4.79 Å². The van der Waals surface area contributed by atoms with Crippen molar-refractivity contribution in [2.75, 3.05) is 19.8 Å². The number of carbonyl (C=O) groups is 1. The van der Waals surface area contributed by atoms with Crippen LogP contribution in [0.3, 0.4) is 0 Å². The van der Waals surface area contributed by atoms with Crippen molar-refractivity contribution >= 4 is 5.91 Å². The Bertz CT molecular complexity index is 1010. The normalized spacial score (nSPS) is 15.7. The van der Waals surface area contributed by atoms with Gasteiger partial charge in [0.05, 0.1) is 17.5 Å². The number of hydrogen-bond acceptors (Lipinski definition) is 4. The molecule has 0 radical (unpaired) electrons. The van der Waals surface area contributed by atoms with Gasteiger partial charge in [-0.05, 0) is 49.1 Å². The lowest BCUT2D eigenvalue weighted by atomic mass is 9.74. The Morgan fingerprint density at radius 1 is 1.23 bits per heavy atom. The number of halogens is 1. The molecule has 1 aliphatic heterocycles. The number of nitrogens with one attached hydrogen (secondary N) is 1. The second kappa shape index (κ2) is 8.75.